The highest BCUT2D eigenvalue weighted by molar-refractivity contribution is 6.12. The number of carboxylic acids is 1. The molecule has 0 saturated carbocycles. The predicted molar refractivity (Wildman–Crippen MR) is 157 cm³/mol. The Balaban J connectivity index is 1.93. The van der Waals surface area contributed by atoms with Gasteiger partial charge in [0.1, 0.15) is 5.82 Å². The number of aliphatic hydroxyl groups excluding tert-OH is 2. The molecule has 0 saturated heterocycles. The molecule has 4 aromatic rings. The second-order valence-electron chi connectivity index (χ2n) is 10.2. The van der Waals surface area contributed by atoms with E-state index >= 15 is 0 Å². The number of aliphatic carboxylic acids is 1. The minimum Gasteiger partial charge on any atom is -0.481 e. The van der Waals surface area contributed by atoms with Crippen molar-refractivity contribution in [2.24, 2.45) is 0 Å². The molecular formula is C33H35FN2O5. The van der Waals surface area contributed by atoms with Crippen molar-refractivity contribution >= 4 is 17.6 Å². The number of carbonyl (C=O) groups is 2. The van der Waals surface area contributed by atoms with E-state index in [1.165, 1.54) is 12.1 Å². The zero-order valence-electron chi connectivity index (χ0n) is 24.0. The standard InChI is InChI=1S/C33H35FN2O5/c1-21(2)31-30(33(41)35-25-11-7-4-8-12-25)29(22-9-5-3-6-10-22)32(23-13-15-24(34)16-14-23)36(31)18-17-26(37)19-27(38)20-28(39)40/h3-16,21,26-27,37-38H,17-20H2,1-2H3,(H,35,41)(H,39,40)/t26-,27-/m0/s1/i17D/t17?,26-,27-. The lowest BCUT2D eigenvalue weighted by Gasteiger charge is -2.20. The largest absolute Gasteiger partial charge is 0.481 e. The molecule has 0 fully saturated rings. The molecule has 4 rings (SSSR count). The van der Waals surface area contributed by atoms with Gasteiger partial charge in [0.05, 0.1) is 29.9 Å². The van der Waals surface area contributed by atoms with Crippen LogP contribution in [0.5, 0.6) is 0 Å². The molecule has 0 aliphatic carbocycles. The van der Waals surface area contributed by atoms with E-state index in [1.807, 2.05) is 66.9 Å². The Hall–Kier alpha value is -4.27. The molecule has 1 heterocycles. The van der Waals surface area contributed by atoms with Crippen molar-refractivity contribution in [3.8, 4) is 22.4 Å². The molecule has 0 bridgehead atoms. The lowest BCUT2D eigenvalue weighted by atomic mass is 9.94. The van der Waals surface area contributed by atoms with Gasteiger partial charge in [0.2, 0.25) is 0 Å². The Kier molecular flexibility index (Phi) is 9.23. The third-order valence-corrected chi connectivity index (χ3v) is 6.77. The van der Waals surface area contributed by atoms with Crippen molar-refractivity contribution in [1.82, 2.24) is 4.57 Å². The minimum absolute atomic E-state index is 0.0698. The normalized spacial score (nSPS) is 13.9. The molecule has 8 heteroatoms. The first-order valence-corrected chi connectivity index (χ1v) is 13.5. The maximum absolute atomic E-state index is 14.1. The molecular weight excluding hydrogens is 523 g/mol. The molecule has 4 N–H and O–H groups in total. The number of aromatic nitrogens is 1. The van der Waals surface area contributed by atoms with Crippen LogP contribution in [-0.2, 0) is 11.3 Å². The number of carboxylic acid groups (broad SMARTS) is 1. The third-order valence-electron chi connectivity index (χ3n) is 6.77. The van der Waals surface area contributed by atoms with E-state index < -0.39 is 36.8 Å². The molecule has 1 aromatic heterocycles. The predicted octanol–water partition coefficient (Wildman–Crippen LogP) is 6.31. The van der Waals surface area contributed by atoms with Gasteiger partial charge in [0.25, 0.3) is 5.91 Å². The number of carbonyl (C=O) groups excluding carboxylic acids is 1. The number of amides is 1. The van der Waals surface area contributed by atoms with Crippen molar-refractivity contribution in [3.63, 3.8) is 0 Å². The monoisotopic (exact) mass is 559 g/mol. The van der Waals surface area contributed by atoms with Crippen LogP contribution in [0.2, 0.25) is 0 Å². The Labute approximate surface area is 240 Å². The van der Waals surface area contributed by atoms with Gasteiger partial charge in [-0.15, -0.1) is 0 Å². The van der Waals surface area contributed by atoms with Crippen LogP contribution < -0.4 is 5.32 Å². The summed E-state index contributed by atoms with van der Waals surface area (Å²) >= 11 is 0. The van der Waals surface area contributed by atoms with Crippen molar-refractivity contribution in [2.45, 2.75) is 57.8 Å². The molecule has 0 spiro atoms. The fourth-order valence-electron chi connectivity index (χ4n) is 5.05. The zero-order chi connectivity index (χ0) is 30.4. The maximum Gasteiger partial charge on any atom is 0.305 e. The number of halogens is 1. The summed E-state index contributed by atoms with van der Waals surface area (Å²) in [6.07, 6.45) is -4.68. The number of anilines is 1. The average Bonchev–Trinajstić information content (AvgIpc) is 3.29. The number of hydrogen-bond donors (Lipinski definition) is 4. The van der Waals surface area contributed by atoms with Gasteiger partial charge in [-0.2, -0.15) is 0 Å². The first kappa shape index (κ1) is 28.3. The number of nitrogens with one attached hydrogen (secondary N) is 1. The van der Waals surface area contributed by atoms with Gasteiger partial charge < -0.3 is 25.2 Å². The summed E-state index contributed by atoms with van der Waals surface area (Å²) < 4.78 is 24.7. The molecule has 3 atom stereocenters. The van der Waals surface area contributed by atoms with Gasteiger partial charge >= 0.3 is 5.97 Å². The molecule has 0 aliphatic heterocycles. The molecule has 0 aliphatic rings. The van der Waals surface area contributed by atoms with Crippen LogP contribution in [0.4, 0.5) is 10.1 Å². The highest BCUT2D eigenvalue weighted by Gasteiger charge is 2.31. The van der Waals surface area contributed by atoms with Gasteiger partial charge in [0.15, 0.2) is 0 Å². The lowest BCUT2D eigenvalue weighted by molar-refractivity contribution is -0.139. The molecule has 1 unspecified atom stereocenters. The second-order valence-corrected chi connectivity index (χ2v) is 10.2. The lowest BCUT2D eigenvalue weighted by Crippen LogP contribution is -2.22. The highest BCUT2D eigenvalue weighted by atomic mass is 19.1. The maximum atomic E-state index is 14.1. The number of para-hydroxylation sites is 1. The smallest absolute Gasteiger partial charge is 0.305 e. The quantitative estimate of drug-likeness (QED) is 0.162. The topological polar surface area (TPSA) is 112 Å². The Morgan fingerprint density at radius 2 is 1.51 bits per heavy atom. The van der Waals surface area contributed by atoms with Gasteiger partial charge in [-0.1, -0.05) is 62.4 Å². The summed E-state index contributed by atoms with van der Waals surface area (Å²) in [5.41, 5.74) is 4.17. The van der Waals surface area contributed by atoms with E-state index in [2.05, 4.69) is 5.32 Å². The van der Waals surface area contributed by atoms with Crippen LogP contribution in [0.1, 0.15) is 56.4 Å². The van der Waals surface area contributed by atoms with Crippen molar-refractivity contribution in [2.75, 3.05) is 5.32 Å². The summed E-state index contributed by atoms with van der Waals surface area (Å²) in [4.78, 5) is 25.1. The summed E-state index contributed by atoms with van der Waals surface area (Å²) in [5, 5.41) is 32.9. The van der Waals surface area contributed by atoms with Crippen LogP contribution >= 0.6 is 0 Å². The SMILES string of the molecule is [2H]C(Cn1c(-c2ccc(F)cc2)c(-c2ccccc2)c(C(=O)Nc2ccccc2)c1C(C)C)[C@H](O)C[C@H](O)CC(=O)O. The first-order chi connectivity index (χ1) is 20.1. The van der Waals surface area contributed by atoms with Gasteiger partial charge in [-0.25, -0.2) is 4.39 Å². The van der Waals surface area contributed by atoms with Crippen LogP contribution in [0.3, 0.4) is 0 Å². The zero-order valence-corrected chi connectivity index (χ0v) is 23.0. The summed E-state index contributed by atoms with van der Waals surface area (Å²) in [6, 6.07) is 24.3. The Bertz CT molecular complexity index is 1510. The minimum atomic E-state index is -1.34. The third kappa shape index (κ3) is 7.28. The summed E-state index contributed by atoms with van der Waals surface area (Å²) in [6.45, 7) is 3.79. The van der Waals surface area contributed by atoms with Gasteiger partial charge in [-0.3, -0.25) is 9.59 Å². The number of benzene rings is 3. The average molecular weight is 560 g/mol. The van der Waals surface area contributed by atoms with E-state index in [4.69, 9.17) is 6.48 Å². The summed E-state index contributed by atoms with van der Waals surface area (Å²) in [5.74, 6) is -2.20. The van der Waals surface area contributed by atoms with Crippen LogP contribution in [0.15, 0.2) is 84.9 Å². The summed E-state index contributed by atoms with van der Waals surface area (Å²) in [7, 11) is 0. The second kappa shape index (κ2) is 13.4. The molecule has 7 nitrogen and oxygen atoms in total. The number of nitrogens with zero attached hydrogens (tertiary/aromatic N) is 1. The number of hydrogen-bond acceptors (Lipinski definition) is 4. The number of rotatable bonds is 12. The van der Waals surface area contributed by atoms with Crippen molar-refractivity contribution < 1.29 is 30.7 Å². The Morgan fingerprint density at radius 1 is 0.902 bits per heavy atom. The molecule has 1 amide bonds. The fourth-order valence-corrected chi connectivity index (χ4v) is 5.05. The van der Waals surface area contributed by atoms with E-state index in [9.17, 15) is 24.2 Å². The van der Waals surface area contributed by atoms with E-state index in [0.29, 0.717) is 33.8 Å². The Morgan fingerprint density at radius 3 is 2.10 bits per heavy atom. The first-order valence-electron chi connectivity index (χ1n) is 14.1. The van der Waals surface area contributed by atoms with E-state index in [-0.39, 0.29) is 24.8 Å². The fraction of sp³-hybridized carbons (Fsp3) is 0.273. The highest BCUT2D eigenvalue weighted by Crippen LogP contribution is 2.42. The molecule has 214 valence electrons. The van der Waals surface area contributed by atoms with E-state index in [1.54, 1.807) is 24.3 Å². The number of aliphatic hydroxyl groups is 2. The molecule has 41 heavy (non-hydrogen) atoms. The van der Waals surface area contributed by atoms with Crippen LogP contribution in [0, 0.1) is 5.82 Å². The van der Waals surface area contributed by atoms with Crippen LogP contribution in [0.25, 0.3) is 22.4 Å². The van der Waals surface area contributed by atoms with Crippen LogP contribution in [-0.4, -0.2) is 44.0 Å². The van der Waals surface area contributed by atoms with Crippen molar-refractivity contribution in [3.05, 3.63) is 102 Å². The van der Waals surface area contributed by atoms with Gasteiger partial charge in [-0.05, 0) is 66.3 Å². The molecule has 0 radical (unpaired) electrons. The van der Waals surface area contributed by atoms with Crippen molar-refractivity contribution in [1.29, 1.82) is 0 Å². The molecule has 3 aromatic carbocycles. The van der Waals surface area contributed by atoms with Gasteiger partial charge in [0, 0.05) is 24.9 Å². The van der Waals surface area contributed by atoms with E-state index in [0.717, 1.165) is 5.56 Å².